The first-order chi connectivity index (χ1) is 6.58. The van der Waals surface area contributed by atoms with E-state index in [9.17, 15) is 0 Å². The Bertz CT molecular complexity index is 134. The molecule has 1 unspecified atom stereocenters. The fraction of sp³-hybridized carbons (Fsp3) is 0.923. The van der Waals surface area contributed by atoms with E-state index >= 15 is 0 Å². The predicted molar refractivity (Wildman–Crippen MR) is 77.4 cm³/mol. The van der Waals surface area contributed by atoms with E-state index in [1.165, 1.54) is 6.42 Å². The lowest BCUT2D eigenvalue weighted by Crippen LogP contribution is -2.13. The SMILES string of the molecule is C.C.CC1=NCCN1.CCC.CCC(C)O. The van der Waals surface area contributed by atoms with Gasteiger partial charge in [0.1, 0.15) is 0 Å². The van der Waals surface area contributed by atoms with Crippen molar-refractivity contribution in [3.8, 4) is 0 Å². The normalized spacial score (nSPS) is 13.2. The first-order valence-corrected chi connectivity index (χ1v) is 5.51. The Morgan fingerprint density at radius 1 is 1.31 bits per heavy atom. The van der Waals surface area contributed by atoms with Gasteiger partial charge in [-0.3, -0.25) is 4.99 Å². The third-order valence-corrected chi connectivity index (χ3v) is 1.43. The second-order valence-electron chi connectivity index (χ2n) is 3.36. The molecule has 0 spiro atoms. The summed E-state index contributed by atoms with van der Waals surface area (Å²) in [6.07, 6.45) is 2.00. The Kier molecular flexibility index (Phi) is 30.6. The van der Waals surface area contributed by atoms with Crippen molar-refractivity contribution in [2.75, 3.05) is 13.1 Å². The van der Waals surface area contributed by atoms with Crippen molar-refractivity contribution in [2.24, 2.45) is 4.99 Å². The van der Waals surface area contributed by atoms with Crippen LogP contribution in [0.5, 0.6) is 0 Å². The number of aliphatic imine (C=N–C) groups is 1. The number of aliphatic hydroxyl groups excluding tert-OH is 1. The summed E-state index contributed by atoms with van der Waals surface area (Å²) in [7, 11) is 0. The number of nitrogens with one attached hydrogen (secondary N) is 1. The van der Waals surface area contributed by atoms with E-state index in [1.54, 1.807) is 6.92 Å². The van der Waals surface area contributed by atoms with Gasteiger partial charge >= 0.3 is 0 Å². The van der Waals surface area contributed by atoms with E-state index in [0.29, 0.717) is 0 Å². The highest BCUT2D eigenvalue weighted by molar-refractivity contribution is 5.80. The van der Waals surface area contributed by atoms with E-state index in [-0.39, 0.29) is 21.0 Å². The Hall–Kier alpha value is -0.570. The lowest BCUT2D eigenvalue weighted by molar-refractivity contribution is 0.191. The van der Waals surface area contributed by atoms with Gasteiger partial charge < -0.3 is 10.4 Å². The molecule has 0 saturated carbocycles. The molecule has 0 saturated heterocycles. The quantitative estimate of drug-likeness (QED) is 0.729. The Morgan fingerprint density at radius 2 is 1.69 bits per heavy atom. The molecule has 0 aromatic rings. The second-order valence-corrected chi connectivity index (χ2v) is 3.36. The monoisotopic (exact) mass is 234 g/mol. The van der Waals surface area contributed by atoms with Crippen molar-refractivity contribution in [1.29, 1.82) is 0 Å². The maximum atomic E-state index is 8.36. The number of amidine groups is 1. The van der Waals surface area contributed by atoms with Gasteiger partial charge in [0.2, 0.25) is 0 Å². The highest BCUT2D eigenvalue weighted by Gasteiger charge is 1.93. The second kappa shape index (κ2) is 19.9. The van der Waals surface area contributed by atoms with E-state index in [0.717, 1.165) is 25.3 Å². The van der Waals surface area contributed by atoms with Crippen molar-refractivity contribution in [3.05, 3.63) is 0 Å². The maximum Gasteiger partial charge on any atom is 0.0933 e. The molecule has 1 heterocycles. The minimum atomic E-state index is -0.116. The third kappa shape index (κ3) is 29.2. The van der Waals surface area contributed by atoms with E-state index in [1.807, 2.05) is 13.8 Å². The van der Waals surface area contributed by atoms with Crippen LogP contribution >= 0.6 is 0 Å². The number of nitrogens with zero attached hydrogens (tertiary/aromatic N) is 1. The van der Waals surface area contributed by atoms with Gasteiger partial charge in [-0.25, -0.2) is 0 Å². The van der Waals surface area contributed by atoms with Crippen LogP contribution in [0.1, 0.15) is 62.3 Å². The van der Waals surface area contributed by atoms with E-state index in [4.69, 9.17) is 5.11 Å². The lowest BCUT2D eigenvalue weighted by atomic mass is 10.3. The highest BCUT2D eigenvalue weighted by atomic mass is 16.3. The molecule has 16 heavy (non-hydrogen) atoms. The van der Waals surface area contributed by atoms with Gasteiger partial charge in [0.05, 0.1) is 18.5 Å². The molecule has 0 aromatic carbocycles. The van der Waals surface area contributed by atoms with Gasteiger partial charge in [-0.1, -0.05) is 42.0 Å². The molecule has 1 aliphatic rings. The lowest BCUT2D eigenvalue weighted by Gasteiger charge is -1.90. The minimum Gasteiger partial charge on any atom is -0.393 e. The van der Waals surface area contributed by atoms with E-state index < -0.39 is 0 Å². The maximum absolute atomic E-state index is 8.36. The zero-order valence-electron chi connectivity index (χ0n) is 10.3. The molecule has 2 N–H and O–H groups in total. The van der Waals surface area contributed by atoms with Crippen molar-refractivity contribution in [2.45, 2.75) is 68.4 Å². The van der Waals surface area contributed by atoms with Gasteiger partial charge in [-0.15, -0.1) is 0 Å². The molecule has 1 rings (SSSR count). The van der Waals surface area contributed by atoms with Crippen LogP contribution in [0.15, 0.2) is 4.99 Å². The van der Waals surface area contributed by atoms with Gasteiger partial charge in [0, 0.05) is 6.54 Å². The summed E-state index contributed by atoms with van der Waals surface area (Å²) < 4.78 is 0. The number of hydrogen-bond donors (Lipinski definition) is 2. The van der Waals surface area contributed by atoms with Gasteiger partial charge in [-0.2, -0.15) is 0 Å². The summed E-state index contributed by atoms with van der Waals surface area (Å²) in [5.41, 5.74) is 0. The van der Waals surface area contributed by atoms with Gasteiger partial charge in [-0.05, 0) is 20.3 Å². The summed E-state index contributed by atoms with van der Waals surface area (Å²) in [6.45, 7) is 12.0. The number of aliphatic hydroxyl groups is 1. The fourth-order valence-electron chi connectivity index (χ4n) is 0.516. The third-order valence-electron chi connectivity index (χ3n) is 1.43. The largest absolute Gasteiger partial charge is 0.393 e. The molecule has 0 bridgehead atoms. The number of rotatable bonds is 1. The molecule has 3 heteroatoms. The molecule has 0 amide bonds. The van der Waals surface area contributed by atoms with Crippen molar-refractivity contribution >= 4 is 5.84 Å². The van der Waals surface area contributed by atoms with Crippen LogP contribution in [0.2, 0.25) is 0 Å². The molecule has 1 atom stereocenters. The van der Waals surface area contributed by atoms with Gasteiger partial charge in [0.25, 0.3) is 0 Å². The Morgan fingerprint density at radius 3 is 1.75 bits per heavy atom. The van der Waals surface area contributed by atoms with Crippen LogP contribution in [0, 0.1) is 0 Å². The zero-order valence-corrected chi connectivity index (χ0v) is 10.3. The molecule has 0 aliphatic carbocycles. The van der Waals surface area contributed by atoms with E-state index in [2.05, 4.69) is 24.2 Å². The topological polar surface area (TPSA) is 44.6 Å². The number of hydrogen-bond acceptors (Lipinski definition) is 3. The van der Waals surface area contributed by atoms with Crippen LogP contribution in [-0.2, 0) is 0 Å². The summed E-state index contributed by atoms with van der Waals surface area (Å²) in [6, 6.07) is 0. The summed E-state index contributed by atoms with van der Waals surface area (Å²) in [5, 5.41) is 11.4. The first kappa shape index (κ1) is 24.6. The Labute approximate surface area is 103 Å². The van der Waals surface area contributed by atoms with Crippen LogP contribution in [0.25, 0.3) is 0 Å². The highest BCUT2D eigenvalue weighted by Crippen LogP contribution is 1.81. The Balaban J connectivity index is -0.0000000670. The average molecular weight is 234 g/mol. The average Bonchev–Trinajstić information content (AvgIpc) is 2.58. The van der Waals surface area contributed by atoms with Crippen LogP contribution in [0.3, 0.4) is 0 Å². The molecule has 0 fully saturated rings. The summed E-state index contributed by atoms with van der Waals surface area (Å²) >= 11 is 0. The molecule has 0 aromatic heterocycles. The van der Waals surface area contributed by atoms with Gasteiger partial charge in [0.15, 0.2) is 0 Å². The molecular weight excluding hydrogens is 200 g/mol. The van der Waals surface area contributed by atoms with Crippen molar-refractivity contribution < 1.29 is 5.11 Å². The fourth-order valence-corrected chi connectivity index (χ4v) is 0.516. The van der Waals surface area contributed by atoms with Crippen LogP contribution in [0.4, 0.5) is 0 Å². The molecule has 102 valence electrons. The smallest absolute Gasteiger partial charge is 0.0933 e. The molecule has 1 aliphatic heterocycles. The molecule has 3 nitrogen and oxygen atoms in total. The predicted octanol–water partition coefficient (Wildman–Crippen LogP) is 3.47. The zero-order chi connectivity index (χ0) is 11.4. The summed E-state index contributed by atoms with van der Waals surface area (Å²) in [4.78, 5) is 4.04. The standard InChI is InChI=1S/C4H8N2.C4H10O.C3H8.2CH4/c1-4-5-2-3-6-4;1-3-4(2)5;1-3-2;;/h2-3H2,1H3,(H,5,6);4-5H,3H2,1-2H3;3H2,1-2H3;2*1H4. The first-order valence-electron chi connectivity index (χ1n) is 5.51. The minimum absolute atomic E-state index is 0. The molecular formula is C13H34N2O. The van der Waals surface area contributed by atoms with Crippen molar-refractivity contribution in [1.82, 2.24) is 5.32 Å². The van der Waals surface area contributed by atoms with Crippen LogP contribution in [-0.4, -0.2) is 30.1 Å². The van der Waals surface area contributed by atoms with Crippen LogP contribution < -0.4 is 5.32 Å². The van der Waals surface area contributed by atoms with Crippen molar-refractivity contribution in [3.63, 3.8) is 0 Å². The summed E-state index contributed by atoms with van der Waals surface area (Å²) in [5.74, 6) is 1.08. The molecule has 0 radical (unpaired) electrons.